The Labute approximate surface area is 95.0 Å². The third-order valence-corrected chi connectivity index (χ3v) is 2.84. The smallest absolute Gasteiger partial charge is 0.0494 e. The molecular weight excluding hydrogens is 188 g/mol. The fourth-order valence-corrected chi connectivity index (χ4v) is 1.68. The average Bonchev–Trinajstić information content (AvgIpc) is 2.27. The van der Waals surface area contributed by atoms with Crippen LogP contribution in [0.1, 0.15) is 58.8 Å². The van der Waals surface area contributed by atoms with Crippen molar-refractivity contribution in [3.8, 4) is 0 Å². The van der Waals surface area contributed by atoms with Crippen LogP contribution in [0, 0.1) is 5.92 Å². The highest BCUT2D eigenvalue weighted by Crippen LogP contribution is 2.14. The summed E-state index contributed by atoms with van der Waals surface area (Å²) in [5.41, 5.74) is 0. The van der Waals surface area contributed by atoms with Crippen LogP contribution in [0.2, 0.25) is 0 Å². The molecule has 15 heavy (non-hydrogen) atoms. The minimum absolute atomic E-state index is 0.243. The van der Waals surface area contributed by atoms with E-state index in [-0.39, 0.29) is 6.61 Å². The maximum absolute atomic E-state index is 8.61. The summed E-state index contributed by atoms with van der Waals surface area (Å²) in [4.78, 5) is 0. The topological polar surface area (TPSA) is 29.5 Å². The molecule has 92 valence electrons. The first kappa shape index (κ1) is 14.9. The van der Waals surface area contributed by atoms with Crippen molar-refractivity contribution in [1.29, 1.82) is 0 Å². The molecule has 0 aromatic carbocycles. The zero-order chi connectivity index (χ0) is 11.4. The van der Waals surface area contributed by atoms with Gasteiger partial charge in [-0.2, -0.15) is 0 Å². The van der Waals surface area contributed by atoms with Crippen LogP contribution in [0.4, 0.5) is 0 Å². The van der Waals surface area contributed by atoms with Crippen molar-refractivity contribution >= 4 is 0 Å². The Morgan fingerprint density at radius 3 is 2.47 bits per heavy atom. The Morgan fingerprint density at radius 2 is 1.87 bits per heavy atom. The van der Waals surface area contributed by atoms with Gasteiger partial charge in [0.25, 0.3) is 0 Å². The molecule has 0 aromatic heterocycles. The van der Waals surface area contributed by atoms with Gasteiger partial charge in [-0.3, -0.25) is 0 Å². The second-order valence-electron chi connectivity index (χ2n) is 4.28. The van der Waals surface area contributed by atoms with Crippen molar-refractivity contribution in [2.24, 2.45) is 5.92 Å². The van der Waals surface area contributed by atoms with Crippen molar-refractivity contribution in [3.05, 3.63) is 0 Å². The first-order valence-corrected chi connectivity index (χ1v) is 6.53. The van der Waals surface area contributed by atoms with Gasteiger partial charge in [-0.1, -0.05) is 46.0 Å². The van der Waals surface area contributed by atoms with E-state index in [2.05, 4.69) is 13.8 Å². The molecule has 0 heterocycles. The third-order valence-electron chi connectivity index (χ3n) is 2.84. The van der Waals surface area contributed by atoms with Crippen LogP contribution in [0.3, 0.4) is 0 Å². The monoisotopic (exact) mass is 216 g/mol. The van der Waals surface area contributed by atoms with Gasteiger partial charge in [-0.15, -0.1) is 0 Å². The van der Waals surface area contributed by atoms with E-state index in [1.807, 2.05) is 0 Å². The van der Waals surface area contributed by atoms with Crippen LogP contribution in [-0.2, 0) is 4.74 Å². The zero-order valence-corrected chi connectivity index (χ0v) is 10.5. The Kier molecular flexibility index (Phi) is 11.9. The number of unbranched alkanes of at least 4 members (excludes halogenated alkanes) is 3. The van der Waals surface area contributed by atoms with E-state index in [4.69, 9.17) is 9.84 Å². The molecule has 0 aromatic rings. The van der Waals surface area contributed by atoms with Crippen LogP contribution in [-0.4, -0.2) is 24.9 Å². The van der Waals surface area contributed by atoms with Crippen LogP contribution < -0.4 is 0 Å². The van der Waals surface area contributed by atoms with Crippen LogP contribution in [0.5, 0.6) is 0 Å². The number of aliphatic hydroxyl groups is 1. The van der Waals surface area contributed by atoms with E-state index in [1.54, 1.807) is 0 Å². The fourth-order valence-electron chi connectivity index (χ4n) is 1.68. The molecule has 2 heteroatoms. The Hall–Kier alpha value is -0.0800. The lowest BCUT2D eigenvalue weighted by atomic mass is 9.99. The Balaban J connectivity index is 3.29. The van der Waals surface area contributed by atoms with Gasteiger partial charge < -0.3 is 9.84 Å². The fraction of sp³-hybridized carbons (Fsp3) is 1.00. The van der Waals surface area contributed by atoms with E-state index in [0.29, 0.717) is 6.61 Å². The van der Waals surface area contributed by atoms with Crippen molar-refractivity contribution in [1.82, 2.24) is 0 Å². The summed E-state index contributed by atoms with van der Waals surface area (Å²) >= 11 is 0. The van der Waals surface area contributed by atoms with E-state index in [0.717, 1.165) is 18.9 Å². The van der Waals surface area contributed by atoms with Crippen molar-refractivity contribution in [2.75, 3.05) is 19.8 Å². The lowest BCUT2D eigenvalue weighted by Gasteiger charge is -2.14. The largest absolute Gasteiger partial charge is 0.396 e. The summed E-state index contributed by atoms with van der Waals surface area (Å²) in [5, 5.41) is 8.61. The summed E-state index contributed by atoms with van der Waals surface area (Å²) < 4.78 is 5.52. The van der Waals surface area contributed by atoms with Crippen molar-refractivity contribution in [2.45, 2.75) is 58.8 Å². The molecule has 0 bridgehead atoms. The summed E-state index contributed by atoms with van der Waals surface area (Å²) in [5.74, 6) is 0.723. The van der Waals surface area contributed by atoms with E-state index in [1.165, 1.54) is 38.5 Å². The number of hydrogen-bond acceptors (Lipinski definition) is 2. The summed E-state index contributed by atoms with van der Waals surface area (Å²) in [6.07, 6.45) is 8.66. The summed E-state index contributed by atoms with van der Waals surface area (Å²) in [6.45, 7) is 6.31. The molecule has 0 aliphatic carbocycles. The molecule has 0 saturated carbocycles. The molecule has 1 atom stereocenters. The predicted molar refractivity (Wildman–Crippen MR) is 65.1 cm³/mol. The lowest BCUT2D eigenvalue weighted by molar-refractivity contribution is 0.0819. The molecule has 0 aliphatic heterocycles. The van der Waals surface area contributed by atoms with Crippen molar-refractivity contribution < 1.29 is 9.84 Å². The van der Waals surface area contributed by atoms with Crippen molar-refractivity contribution in [3.63, 3.8) is 0 Å². The second-order valence-corrected chi connectivity index (χ2v) is 4.28. The number of hydrogen-bond donors (Lipinski definition) is 1. The molecular formula is C13H28O2. The Bertz CT molecular complexity index is 103. The molecule has 0 amide bonds. The third kappa shape index (κ3) is 10.2. The highest BCUT2D eigenvalue weighted by atomic mass is 16.5. The van der Waals surface area contributed by atoms with Gasteiger partial charge >= 0.3 is 0 Å². The first-order chi connectivity index (χ1) is 7.35. The molecule has 0 spiro atoms. The van der Waals surface area contributed by atoms with Crippen LogP contribution >= 0.6 is 0 Å². The molecule has 0 fully saturated rings. The molecule has 2 nitrogen and oxygen atoms in total. The summed E-state index contributed by atoms with van der Waals surface area (Å²) in [6, 6.07) is 0. The minimum Gasteiger partial charge on any atom is -0.396 e. The standard InChI is InChI=1S/C13H28O2/c1-3-5-6-7-9-13(4-2)12-15-11-8-10-14/h13-14H,3-12H2,1-2H3. The molecule has 1 unspecified atom stereocenters. The molecule has 0 aliphatic rings. The SMILES string of the molecule is CCCCCCC(CC)COCCCO. The zero-order valence-electron chi connectivity index (χ0n) is 10.5. The number of rotatable bonds is 11. The maximum Gasteiger partial charge on any atom is 0.0494 e. The van der Waals surface area contributed by atoms with Gasteiger partial charge in [-0.25, -0.2) is 0 Å². The lowest BCUT2D eigenvalue weighted by Crippen LogP contribution is -2.10. The molecule has 1 N–H and O–H groups in total. The van der Waals surface area contributed by atoms with Gasteiger partial charge in [0.05, 0.1) is 0 Å². The van der Waals surface area contributed by atoms with E-state index >= 15 is 0 Å². The average molecular weight is 216 g/mol. The molecule has 0 saturated heterocycles. The highest BCUT2D eigenvalue weighted by Gasteiger charge is 2.05. The van der Waals surface area contributed by atoms with Crippen LogP contribution in [0.15, 0.2) is 0 Å². The van der Waals surface area contributed by atoms with Gasteiger partial charge in [0.15, 0.2) is 0 Å². The van der Waals surface area contributed by atoms with Gasteiger partial charge in [-0.05, 0) is 18.8 Å². The first-order valence-electron chi connectivity index (χ1n) is 6.53. The van der Waals surface area contributed by atoms with Gasteiger partial charge in [0.1, 0.15) is 0 Å². The second kappa shape index (κ2) is 12.0. The summed E-state index contributed by atoms with van der Waals surface area (Å²) in [7, 11) is 0. The van der Waals surface area contributed by atoms with E-state index in [9.17, 15) is 0 Å². The van der Waals surface area contributed by atoms with E-state index < -0.39 is 0 Å². The molecule has 0 rings (SSSR count). The maximum atomic E-state index is 8.61. The Morgan fingerprint density at radius 1 is 1.07 bits per heavy atom. The van der Waals surface area contributed by atoms with Gasteiger partial charge in [0.2, 0.25) is 0 Å². The number of ether oxygens (including phenoxy) is 1. The number of aliphatic hydroxyl groups excluding tert-OH is 1. The van der Waals surface area contributed by atoms with Crippen LogP contribution in [0.25, 0.3) is 0 Å². The van der Waals surface area contributed by atoms with Gasteiger partial charge in [0, 0.05) is 19.8 Å². The predicted octanol–water partition coefficient (Wildman–Crippen LogP) is 3.38. The normalized spacial score (nSPS) is 13.0. The minimum atomic E-state index is 0.243. The molecule has 0 radical (unpaired) electrons. The quantitative estimate of drug-likeness (QED) is 0.536. The highest BCUT2D eigenvalue weighted by molar-refractivity contribution is 4.56.